The van der Waals surface area contributed by atoms with Crippen LogP contribution in [0.3, 0.4) is 0 Å². The van der Waals surface area contributed by atoms with Gasteiger partial charge in [0.15, 0.2) is 0 Å². The van der Waals surface area contributed by atoms with Crippen LogP contribution in [0.15, 0.2) is 24.3 Å². The molecule has 0 aromatic heterocycles. The summed E-state index contributed by atoms with van der Waals surface area (Å²) in [6, 6.07) is 9.14. The highest BCUT2D eigenvalue weighted by atomic mass is 16.2. The van der Waals surface area contributed by atoms with Crippen molar-refractivity contribution in [3.05, 3.63) is 35.4 Å². The van der Waals surface area contributed by atoms with Gasteiger partial charge in [0, 0.05) is 6.61 Å². The largest absolute Gasteiger partial charge is 0.396 e. The summed E-state index contributed by atoms with van der Waals surface area (Å²) in [6.07, 6.45) is 10.2. The number of aliphatic hydroxyl groups is 1. The SMILES string of the molecule is CCCC1CCC(c2ccc(CCCO)cc2)CC1. The Labute approximate surface area is 118 Å². The van der Waals surface area contributed by atoms with Crippen molar-refractivity contribution in [2.75, 3.05) is 6.61 Å². The molecule has 1 aromatic carbocycles. The average Bonchev–Trinajstić information content (AvgIpc) is 2.47. The molecule has 1 aliphatic carbocycles. The van der Waals surface area contributed by atoms with Crippen LogP contribution < -0.4 is 0 Å². The van der Waals surface area contributed by atoms with Crippen LogP contribution in [0.1, 0.15) is 68.9 Å². The minimum Gasteiger partial charge on any atom is -0.396 e. The molecule has 0 atom stereocenters. The molecule has 0 radical (unpaired) electrons. The van der Waals surface area contributed by atoms with Crippen LogP contribution in [-0.4, -0.2) is 11.7 Å². The highest BCUT2D eigenvalue weighted by Gasteiger charge is 2.21. The van der Waals surface area contributed by atoms with Crippen molar-refractivity contribution in [1.29, 1.82) is 0 Å². The van der Waals surface area contributed by atoms with Crippen LogP contribution in [0, 0.1) is 5.92 Å². The fraction of sp³-hybridized carbons (Fsp3) is 0.667. The average molecular weight is 260 g/mol. The molecule has 0 unspecified atom stereocenters. The third-order valence-electron chi connectivity index (χ3n) is 4.62. The van der Waals surface area contributed by atoms with E-state index in [1.165, 1.54) is 49.7 Å². The van der Waals surface area contributed by atoms with Gasteiger partial charge >= 0.3 is 0 Å². The van der Waals surface area contributed by atoms with Crippen molar-refractivity contribution in [3.8, 4) is 0 Å². The summed E-state index contributed by atoms with van der Waals surface area (Å²) in [4.78, 5) is 0. The normalized spacial score (nSPS) is 23.5. The zero-order valence-electron chi connectivity index (χ0n) is 12.3. The van der Waals surface area contributed by atoms with E-state index in [4.69, 9.17) is 5.11 Å². The molecule has 0 spiro atoms. The van der Waals surface area contributed by atoms with Gasteiger partial charge in [0.25, 0.3) is 0 Å². The van der Waals surface area contributed by atoms with E-state index in [0.29, 0.717) is 6.61 Å². The van der Waals surface area contributed by atoms with Crippen molar-refractivity contribution in [2.24, 2.45) is 5.92 Å². The van der Waals surface area contributed by atoms with Gasteiger partial charge in [0.2, 0.25) is 0 Å². The molecule has 2 rings (SSSR count). The first-order valence-electron chi connectivity index (χ1n) is 8.03. The van der Waals surface area contributed by atoms with Crippen LogP contribution in [0.5, 0.6) is 0 Å². The third-order valence-corrected chi connectivity index (χ3v) is 4.62. The Bertz CT molecular complexity index is 346. The first-order chi connectivity index (χ1) is 9.33. The number of hydrogen-bond acceptors (Lipinski definition) is 1. The van der Waals surface area contributed by atoms with Gasteiger partial charge in [0.1, 0.15) is 0 Å². The summed E-state index contributed by atoms with van der Waals surface area (Å²) in [6.45, 7) is 2.60. The lowest BCUT2D eigenvalue weighted by atomic mass is 9.77. The number of benzene rings is 1. The van der Waals surface area contributed by atoms with Gasteiger partial charge in [-0.15, -0.1) is 0 Å². The summed E-state index contributed by atoms with van der Waals surface area (Å²) >= 11 is 0. The van der Waals surface area contributed by atoms with Crippen molar-refractivity contribution in [1.82, 2.24) is 0 Å². The van der Waals surface area contributed by atoms with E-state index in [1.807, 2.05) is 0 Å². The zero-order chi connectivity index (χ0) is 13.5. The van der Waals surface area contributed by atoms with E-state index in [9.17, 15) is 0 Å². The lowest BCUT2D eigenvalue weighted by Crippen LogP contribution is -2.13. The summed E-state index contributed by atoms with van der Waals surface area (Å²) in [5.41, 5.74) is 2.89. The predicted molar refractivity (Wildman–Crippen MR) is 81.5 cm³/mol. The molecule has 1 nitrogen and oxygen atoms in total. The topological polar surface area (TPSA) is 20.2 Å². The molecule has 0 heterocycles. The van der Waals surface area contributed by atoms with E-state index < -0.39 is 0 Å². The van der Waals surface area contributed by atoms with Crippen LogP contribution in [0.2, 0.25) is 0 Å². The Balaban J connectivity index is 1.85. The molecule has 1 aromatic rings. The van der Waals surface area contributed by atoms with E-state index in [2.05, 4.69) is 31.2 Å². The van der Waals surface area contributed by atoms with Crippen LogP contribution in [-0.2, 0) is 6.42 Å². The van der Waals surface area contributed by atoms with Gasteiger partial charge in [0.05, 0.1) is 0 Å². The van der Waals surface area contributed by atoms with Crippen LogP contribution in [0.25, 0.3) is 0 Å². The molecule has 0 aliphatic heterocycles. The Hall–Kier alpha value is -0.820. The second kappa shape index (κ2) is 7.69. The van der Waals surface area contributed by atoms with Gasteiger partial charge < -0.3 is 5.11 Å². The fourth-order valence-corrected chi connectivity index (χ4v) is 3.43. The lowest BCUT2D eigenvalue weighted by molar-refractivity contribution is 0.288. The molecule has 0 bridgehead atoms. The molecule has 1 N–H and O–H groups in total. The fourth-order valence-electron chi connectivity index (χ4n) is 3.43. The molecule has 1 fully saturated rings. The summed E-state index contributed by atoms with van der Waals surface area (Å²) < 4.78 is 0. The van der Waals surface area contributed by atoms with Crippen LogP contribution >= 0.6 is 0 Å². The standard InChI is InChI=1S/C18H28O/c1-2-4-15-6-10-17(11-7-15)18-12-8-16(9-13-18)5-3-14-19/h8-9,12-13,15,17,19H,2-7,10-11,14H2,1H3. The Morgan fingerprint density at radius 3 is 2.32 bits per heavy atom. The van der Waals surface area contributed by atoms with Gasteiger partial charge in [-0.25, -0.2) is 0 Å². The minimum absolute atomic E-state index is 0.295. The van der Waals surface area contributed by atoms with Gasteiger partial charge in [-0.1, -0.05) is 44.0 Å². The van der Waals surface area contributed by atoms with Gasteiger partial charge in [-0.2, -0.15) is 0 Å². The van der Waals surface area contributed by atoms with Crippen molar-refractivity contribution >= 4 is 0 Å². The second-order valence-electron chi connectivity index (χ2n) is 6.08. The predicted octanol–water partition coefficient (Wildman–Crippen LogP) is 4.69. The second-order valence-corrected chi connectivity index (χ2v) is 6.08. The Morgan fingerprint density at radius 1 is 1.05 bits per heavy atom. The number of hydrogen-bond donors (Lipinski definition) is 1. The Kier molecular flexibility index (Phi) is 5.91. The highest BCUT2D eigenvalue weighted by Crippen LogP contribution is 2.37. The van der Waals surface area contributed by atoms with Crippen molar-refractivity contribution in [3.63, 3.8) is 0 Å². The molecule has 1 heteroatoms. The van der Waals surface area contributed by atoms with E-state index in [1.54, 1.807) is 0 Å². The number of aliphatic hydroxyl groups excluding tert-OH is 1. The molecular weight excluding hydrogens is 232 g/mol. The summed E-state index contributed by atoms with van der Waals surface area (Å²) in [5.74, 6) is 1.78. The first-order valence-corrected chi connectivity index (χ1v) is 8.03. The molecule has 0 saturated heterocycles. The summed E-state index contributed by atoms with van der Waals surface area (Å²) in [5, 5.41) is 8.85. The smallest absolute Gasteiger partial charge is 0.0434 e. The first kappa shape index (κ1) is 14.6. The number of rotatable bonds is 6. The molecule has 19 heavy (non-hydrogen) atoms. The minimum atomic E-state index is 0.295. The maximum Gasteiger partial charge on any atom is 0.0434 e. The molecule has 1 aliphatic rings. The molecule has 106 valence electrons. The van der Waals surface area contributed by atoms with E-state index >= 15 is 0 Å². The monoisotopic (exact) mass is 260 g/mol. The molecule has 0 amide bonds. The van der Waals surface area contributed by atoms with Gasteiger partial charge in [-0.3, -0.25) is 0 Å². The van der Waals surface area contributed by atoms with E-state index in [0.717, 1.165) is 24.7 Å². The quantitative estimate of drug-likeness (QED) is 0.787. The van der Waals surface area contributed by atoms with Crippen LogP contribution in [0.4, 0.5) is 0 Å². The van der Waals surface area contributed by atoms with Gasteiger partial charge in [-0.05, 0) is 61.5 Å². The lowest BCUT2D eigenvalue weighted by Gasteiger charge is -2.28. The van der Waals surface area contributed by atoms with Crippen molar-refractivity contribution < 1.29 is 5.11 Å². The zero-order valence-corrected chi connectivity index (χ0v) is 12.3. The summed E-state index contributed by atoms with van der Waals surface area (Å²) in [7, 11) is 0. The maximum absolute atomic E-state index is 8.85. The maximum atomic E-state index is 8.85. The Morgan fingerprint density at radius 2 is 1.74 bits per heavy atom. The highest BCUT2D eigenvalue weighted by molar-refractivity contribution is 5.25. The molecule has 1 saturated carbocycles. The third kappa shape index (κ3) is 4.35. The number of aryl methyl sites for hydroxylation is 1. The van der Waals surface area contributed by atoms with Crippen molar-refractivity contribution in [2.45, 2.75) is 64.2 Å². The molecular formula is C18H28O. The van der Waals surface area contributed by atoms with E-state index in [-0.39, 0.29) is 0 Å².